The fourth-order valence-electron chi connectivity index (χ4n) is 2.20. The summed E-state index contributed by atoms with van der Waals surface area (Å²) in [6, 6.07) is 0. The fourth-order valence-corrected chi connectivity index (χ4v) is 2.20. The van der Waals surface area contributed by atoms with Crippen molar-refractivity contribution in [2.75, 3.05) is 0 Å². The van der Waals surface area contributed by atoms with Gasteiger partial charge >= 0.3 is 0 Å². The van der Waals surface area contributed by atoms with E-state index in [1.54, 1.807) is 0 Å². The first-order chi connectivity index (χ1) is 7.36. The maximum atomic E-state index is 5.95. The Bertz CT molecular complexity index is 186. The monoisotopic (exact) mass is 208 g/mol. The number of ether oxygens (including phenoxy) is 1. The van der Waals surface area contributed by atoms with Crippen molar-refractivity contribution in [3.63, 3.8) is 0 Å². The molecule has 1 nitrogen and oxygen atoms in total. The molecule has 0 N–H and O–H groups in total. The maximum absolute atomic E-state index is 5.95. The van der Waals surface area contributed by atoms with E-state index >= 15 is 0 Å². The van der Waals surface area contributed by atoms with Crippen molar-refractivity contribution in [1.82, 2.24) is 0 Å². The van der Waals surface area contributed by atoms with Crippen molar-refractivity contribution < 1.29 is 4.74 Å². The van der Waals surface area contributed by atoms with Gasteiger partial charge in [0, 0.05) is 0 Å². The largest absolute Gasteiger partial charge is 0.362 e. The summed E-state index contributed by atoms with van der Waals surface area (Å²) in [6.45, 7) is 2.22. The van der Waals surface area contributed by atoms with E-state index < -0.39 is 0 Å². The molecular weight excluding hydrogens is 184 g/mol. The zero-order valence-electron chi connectivity index (χ0n) is 10.0. The molecule has 15 heavy (non-hydrogen) atoms. The van der Waals surface area contributed by atoms with Gasteiger partial charge in [0.25, 0.3) is 0 Å². The molecule has 0 spiro atoms. The average molecular weight is 208 g/mol. The van der Waals surface area contributed by atoms with Gasteiger partial charge in [-0.15, -0.1) is 6.42 Å². The number of terminal acetylenes is 1. The number of rotatable bonds is 6. The van der Waals surface area contributed by atoms with E-state index in [0.717, 1.165) is 6.42 Å². The third kappa shape index (κ3) is 5.23. The van der Waals surface area contributed by atoms with Crippen LogP contribution < -0.4 is 0 Å². The molecule has 86 valence electrons. The van der Waals surface area contributed by atoms with Crippen LogP contribution in [0, 0.1) is 12.3 Å². The van der Waals surface area contributed by atoms with E-state index in [2.05, 4.69) is 12.8 Å². The first-order valence-corrected chi connectivity index (χ1v) is 6.48. The first kappa shape index (κ1) is 12.6. The second kappa shape index (κ2) is 7.77. The zero-order chi connectivity index (χ0) is 10.9. The third-order valence-electron chi connectivity index (χ3n) is 3.16. The van der Waals surface area contributed by atoms with E-state index in [1.807, 2.05) is 0 Å². The van der Waals surface area contributed by atoms with Gasteiger partial charge in [-0.25, -0.2) is 0 Å². The molecule has 0 aromatic heterocycles. The molecule has 0 aromatic carbocycles. The highest BCUT2D eigenvalue weighted by Crippen LogP contribution is 2.22. The molecule has 1 atom stereocenters. The summed E-state index contributed by atoms with van der Waals surface area (Å²) in [5, 5.41) is 0. The minimum absolute atomic E-state index is 0.0691. The van der Waals surface area contributed by atoms with Crippen LogP contribution in [0.3, 0.4) is 0 Å². The molecular formula is C14H24O. The van der Waals surface area contributed by atoms with Gasteiger partial charge in [0.05, 0.1) is 6.10 Å². The van der Waals surface area contributed by atoms with Crippen LogP contribution in [0.2, 0.25) is 0 Å². The van der Waals surface area contributed by atoms with E-state index in [0.29, 0.717) is 6.10 Å². The Hall–Kier alpha value is -0.480. The van der Waals surface area contributed by atoms with Crippen LogP contribution in [0.15, 0.2) is 0 Å². The predicted molar refractivity (Wildman–Crippen MR) is 64.7 cm³/mol. The molecule has 0 bridgehead atoms. The molecule has 1 aliphatic carbocycles. The van der Waals surface area contributed by atoms with Crippen LogP contribution in [0.5, 0.6) is 0 Å². The molecule has 1 rings (SSSR count). The van der Waals surface area contributed by atoms with Crippen LogP contribution in [0.25, 0.3) is 0 Å². The van der Waals surface area contributed by atoms with Gasteiger partial charge in [-0.05, 0) is 25.7 Å². The number of hydrogen-bond acceptors (Lipinski definition) is 1. The van der Waals surface area contributed by atoms with Crippen LogP contribution in [0.4, 0.5) is 0 Å². The lowest BCUT2D eigenvalue weighted by molar-refractivity contribution is -0.00676. The standard InChI is InChI=1S/C14H24O/c1-3-5-7-10-13(4-2)15-14-11-8-6-9-12-14/h2,13-14H,3,5-12H2,1H3. The Balaban J connectivity index is 2.17. The molecule has 1 heteroatoms. The molecule has 0 amide bonds. The second-order valence-corrected chi connectivity index (χ2v) is 4.55. The second-order valence-electron chi connectivity index (χ2n) is 4.55. The fraction of sp³-hybridized carbons (Fsp3) is 0.857. The summed E-state index contributed by atoms with van der Waals surface area (Å²) >= 11 is 0. The molecule has 0 saturated heterocycles. The molecule has 0 aromatic rings. The average Bonchev–Trinajstić information content (AvgIpc) is 2.29. The van der Waals surface area contributed by atoms with E-state index in [1.165, 1.54) is 51.4 Å². The Labute approximate surface area is 94.6 Å². The molecule has 0 heterocycles. The molecule has 0 radical (unpaired) electrons. The SMILES string of the molecule is C#CC(CCCCC)OC1CCCCC1. The molecule has 1 fully saturated rings. The summed E-state index contributed by atoms with van der Waals surface area (Å²) in [6.07, 6.45) is 17.2. The summed E-state index contributed by atoms with van der Waals surface area (Å²) in [7, 11) is 0. The van der Waals surface area contributed by atoms with Gasteiger partial charge in [0.1, 0.15) is 6.10 Å². The molecule has 1 unspecified atom stereocenters. The highest BCUT2D eigenvalue weighted by Gasteiger charge is 2.17. The smallest absolute Gasteiger partial charge is 0.118 e. The van der Waals surface area contributed by atoms with Crippen molar-refractivity contribution in [2.45, 2.75) is 76.9 Å². The lowest BCUT2D eigenvalue weighted by Gasteiger charge is -2.25. The summed E-state index contributed by atoms with van der Waals surface area (Å²) in [5.41, 5.74) is 0. The Morgan fingerprint density at radius 2 is 2.00 bits per heavy atom. The van der Waals surface area contributed by atoms with E-state index in [4.69, 9.17) is 11.2 Å². The van der Waals surface area contributed by atoms with Crippen molar-refractivity contribution in [2.24, 2.45) is 0 Å². The van der Waals surface area contributed by atoms with E-state index in [9.17, 15) is 0 Å². The summed E-state index contributed by atoms with van der Waals surface area (Å²) in [4.78, 5) is 0. The first-order valence-electron chi connectivity index (χ1n) is 6.48. The number of unbranched alkanes of at least 4 members (excludes halogenated alkanes) is 2. The zero-order valence-corrected chi connectivity index (χ0v) is 10.0. The highest BCUT2D eigenvalue weighted by molar-refractivity contribution is 4.95. The Kier molecular flexibility index (Phi) is 6.52. The maximum Gasteiger partial charge on any atom is 0.118 e. The Morgan fingerprint density at radius 1 is 1.27 bits per heavy atom. The van der Waals surface area contributed by atoms with Crippen LogP contribution in [-0.4, -0.2) is 12.2 Å². The molecule has 1 aliphatic rings. The van der Waals surface area contributed by atoms with E-state index in [-0.39, 0.29) is 6.10 Å². The van der Waals surface area contributed by atoms with Gasteiger partial charge in [0.2, 0.25) is 0 Å². The van der Waals surface area contributed by atoms with Gasteiger partial charge in [-0.2, -0.15) is 0 Å². The summed E-state index contributed by atoms with van der Waals surface area (Å²) in [5.74, 6) is 2.79. The minimum atomic E-state index is 0.0691. The molecule has 0 aliphatic heterocycles. The van der Waals surface area contributed by atoms with Crippen molar-refractivity contribution in [3.8, 4) is 12.3 Å². The molecule has 1 saturated carbocycles. The highest BCUT2D eigenvalue weighted by atomic mass is 16.5. The number of hydrogen-bond donors (Lipinski definition) is 0. The van der Waals surface area contributed by atoms with Crippen molar-refractivity contribution >= 4 is 0 Å². The van der Waals surface area contributed by atoms with Gasteiger partial charge in [0.15, 0.2) is 0 Å². The topological polar surface area (TPSA) is 9.23 Å². The quantitative estimate of drug-likeness (QED) is 0.475. The Morgan fingerprint density at radius 3 is 2.60 bits per heavy atom. The lowest BCUT2D eigenvalue weighted by atomic mass is 9.97. The predicted octanol–water partition coefficient (Wildman–Crippen LogP) is 3.92. The van der Waals surface area contributed by atoms with Crippen molar-refractivity contribution in [1.29, 1.82) is 0 Å². The normalized spacial score (nSPS) is 19.7. The van der Waals surface area contributed by atoms with Crippen LogP contribution >= 0.6 is 0 Å². The van der Waals surface area contributed by atoms with Gasteiger partial charge < -0.3 is 4.74 Å². The van der Waals surface area contributed by atoms with Gasteiger partial charge in [-0.1, -0.05) is 44.9 Å². The summed E-state index contributed by atoms with van der Waals surface area (Å²) < 4.78 is 5.95. The van der Waals surface area contributed by atoms with Gasteiger partial charge in [-0.3, -0.25) is 0 Å². The van der Waals surface area contributed by atoms with Crippen LogP contribution in [-0.2, 0) is 4.74 Å². The third-order valence-corrected chi connectivity index (χ3v) is 3.16. The minimum Gasteiger partial charge on any atom is -0.362 e. The lowest BCUT2D eigenvalue weighted by Crippen LogP contribution is -2.23. The van der Waals surface area contributed by atoms with Crippen LogP contribution in [0.1, 0.15) is 64.7 Å². The van der Waals surface area contributed by atoms with Crippen molar-refractivity contribution in [3.05, 3.63) is 0 Å².